The lowest BCUT2D eigenvalue weighted by atomic mass is 10.4. The highest BCUT2D eigenvalue weighted by Gasteiger charge is 2.19. The van der Waals surface area contributed by atoms with Crippen LogP contribution >= 0.6 is 15.9 Å². The van der Waals surface area contributed by atoms with E-state index in [2.05, 4.69) is 15.9 Å². The average molecular weight is 176 g/mol. The van der Waals surface area contributed by atoms with Gasteiger partial charge in [-0.15, -0.1) is 0 Å². The van der Waals surface area contributed by atoms with Crippen molar-refractivity contribution in [3.63, 3.8) is 0 Å². The Balaban J connectivity index is 2.70. The van der Waals surface area contributed by atoms with E-state index in [1.807, 2.05) is 6.08 Å². The molecule has 0 bridgehead atoms. The maximum atomic E-state index is 10.7. The second-order valence-corrected chi connectivity index (χ2v) is 2.68. The molecule has 0 aromatic carbocycles. The van der Waals surface area contributed by atoms with Crippen molar-refractivity contribution in [3.8, 4) is 0 Å². The van der Waals surface area contributed by atoms with Crippen LogP contribution < -0.4 is 0 Å². The lowest BCUT2D eigenvalue weighted by Crippen LogP contribution is -2.21. The van der Waals surface area contributed by atoms with Gasteiger partial charge in [-0.05, 0) is 6.08 Å². The fourth-order valence-electron chi connectivity index (χ4n) is 0.555. The molecule has 1 atom stereocenters. The summed E-state index contributed by atoms with van der Waals surface area (Å²) in [6.45, 7) is 0. The van der Waals surface area contributed by atoms with Crippen LogP contribution in [0.2, 0.25) is 0 Å². The summed E-state index contributed by atoms with van der Waals surface area (Å²) in [5.41, 5.74) is 0. The fraction of sp³-hybridized carbons (Fsp3) is 0.400. The molecule has 0 radical (unpaired) electrons. The van der Waals surface area contributed by atoms with Gasteiger partial charge in [-0.2, -0.15) is 0 Å². The molecule has 2 nitrogen and oxygen atoms in total. The zero-order valence-electron chi connectivity index (χ0n) is 4.47. The number of amides is 1. The van der Waals surface area contributed by atoms with Crippen molar-refractivity contribution >= 4 is 21.8 Å². The minimum absolute atomic E-state index is 0.0903. The Morgan fingerprint density at radius 1 is 1.88 bits per heavy atom. The molecule has 0 spiro atoms. The minimum atomic E-state index is -0.0903. The van der Waals surface area contributed by atoms with E-state index in [-0.39, 0.29) is 10.7 Å². The molecule has 44 valence electrons. The molecule has 0 N–H and O–H groups in total. The zero-order chi connectivity index (χ0) is 6.15. The van der Waals surface area contributed by atoms with Gasteiger partial charge in [0.05, 0.1) is 0 Å². The van der Waals surface area contributed by atoms with E-state index in [1.165, 1.54) is 0 Å². The van der Waals surface area contributed by atoms with E-state index in [9.17, 15) is 4.79 Å². The van der Waals surface area contributed by atoms with Crippen molar-refractivity contribution in [2.24, 2.45) is 0 Å². The maximum Gasteiger partial charge on any atom is 0.243 e. The van der Waals surface area contributed by atoms with Crippen LogP contribution in [0.25, 0.3) is 0 Å². The summed E-state index contributed by atoms with van der Waals surface area (Å²) in [6.07, 6.45) is 3.56. The molecule has 0 saturated carbocycles. The van der Waals surface area contributed by atoms with Gasteiger partial charge in [0.1, 0.15) is 4.83 Å². The van der Waals surface area contributed by atoms with Gasteiger partial charge < -0.3 is 4.90 Å². The summed E-state index contributed by atoms with van der Waals surface area (Å²) in [7, 11) is 1.74. The normalized spacial score (nSPS) is 27.5. The largest absolute Gasteiger partial charge is 0.321 e. The maximum absolute atomic E-state index is 10.7. The topological polar surface area (TPSA) is 20.3 Å². The van der Waals surface area contributed by atoms with Crippen molar-refractivity contribution in [2.75, 3.05) is 7.05 Å². The van der Waals surface area contributed by atoms with Gasteiger partial charge in [-0.25, -0.2) is 0 Å². The average Bonchev–Trinajstić information content (AvgIpc) is 1.98. The zero-order valence-corrected chi connectivity index (χ0v) is 6.05. The van der Waals surface area contributed by atoms with Gasteiger partial charge in [-0.1, -0.05) is 15.9 Å². The molecule has 3 heteroatoms. The third kappa shape index (κ3) is 0.777. The van der Waals surface area contributed by atoms with Crippen LogP contribution in [-0.4, -0.2) is 22.7 Å². The molecule has 1 aliphatic heterocycles. The number of carbonyl (C=O) groups excluding carboxylic acids is 1. The third-order valence-corrected chi connectivity index (χ3v) is 1.76. The Kier molecular flexibility index (Phi) is 1.38. The number of rotatable bonds is 0. The van der Waals surface area contributed by atoms with Crippen LogP contribution in [0.4, 0.5) is 0 Å². The molecule has 0 fully saturated rings. The highest BCUT2D eigenvalue weighted by Crippen LogP contribution is 2.12. The predicted molar refractivity (Wildman–Crippen MR) is 34.6 cm³/mol. The van der Waals surface area contributed by atoms with Crippen molar-refractivity contribution in [1.82, 2.24) is 4.90 Å². The number of alkyl halides is 1. The van der Waals surface area contributed by atoms with Crippen LogP contribution in [0, 0.1) is 0 Å². The monoisotopic (exact) mass is 175 g/mol. The number of hydrogen-bond acceptors (Lipinski definition) is 1. The molecule has 8 heavy (non-hydrogen) atoms. The molecule has 1 unspecified atom stereocenters. The molecular formula is C5H6BrNO. The second-order valence-electron chi connectivity index (χ2n) is 1.69. The van der Waals surface area contributed by atoms with E-state index >= 15 is 0 Å². The van der Waals surface area contributed by atoms with E-state index in [0.29, 0.717) is 0 Å². The highest BCUT2D eigenvalue weighted by atomic mass is 79.9. The standard InChI is InChI=1S/C5H6BrNO/c1-7-3-2-4(6)5(7)8/h2-4H,1H3. The van der Waals surface area contributed by atoms with Crippen molar-refractivity contribution in [1.29, 1.82) is 0 Å². The lowest BCUT2D eigenvalue weighted by molar-refractivity contribution is -0.125. The lowest BCUT2D eigenvalue weighted by Gasteiger charge is -2.03. The predicted octanol–water partition coefficient (Wildman–Crippen LogP) is 0.736. The molecule has 1 rings (SSSR count). The summed E-state index contributed by atoms with van der Waals surface area (Å²) in [4.78, 5) is 12.2. The molecule has 0 aliphatic carbocycles. The summed E-state index contributed by atoms with van der Waals surface area (Å²) in [6, 6.07) is 0. The van der Waals surface area contributed by atoms with Gasteiger partial charge in [0.15, 0.2) is 0 Å². The first kappa shape index (κ1) is 5.82. The Morgan fingerprint density at radius 2 is 2.50 bits per heavy atom. The van der Waals surface area contributed by atoms with E-state index in [0.717, 1.165) is 0 Å². The van der Waals surface area contributed by atoms with Gasteiger partial charge in [0.25, 0.3) is 0 Å². The smallest absolute Gasteiger partial charge is 0.243 e. The van der Waals surface area contributed by atoms with Crippen LogP contribution in [-0.2, 0) is 4.79 Å². The number of halogens is 1. The molecule has 0 aromatic rings. The van der Waals surface area contributed by atoms with Crippen molar-refractivity contribution in [3.05, 3.63) is 12.3 Å². The summed E-state index contributed by atoms with van der Waals surface area (Å²) in [5.74, 6) is 0.102. The molecule has 1 heterocycles. The fourth-order valence-corrected chi connectivity index (χ4v) is 1.01. The second kappa shape index (κ2) is 1.90. The number of nitrogens with zero attached hydrogens (tertiary/aromatic N) is 1. The first-order chi connectivity index (χ1) is 3.72. The van der Waals surface area contributed by atoms with E-state index in [4.69, 9.17) is 0 Å². The van der Waals surface area contributed by atoms with Crippen LogP contribution in [0.3, 0.4) is 0 Å². The molecule has 1 aliphatic rings. The van der Waals surface area contributed by atoms with Crippen molar-refractivity contribution < 1.29 is 4.79 Å². The Morgan fingerprint density at radius 3 is 2.62 bits per heavy atom. The van der Waals surface area contributed by atoms with Crippen LogP contribution in [0.15, 0.2) is 12.3 Å². The van der Waals surface area contributed by atoms with Crippen molar-refractivity contribution in [2.45, 2.75) is 4.83 Å². The SMILES string of the molecule is CN1C=CC(Br)C1=O. The Bertz CT molecular complexity index is 129. The molecule has 1 amide bonds. The number of hydrogen-bond donors (Lipinski definition) is 0. The Labute approximate surface area is 56.3 Å². The quantitative estimate of drug-likeness (QED) is 0.498. The van der Waals surface area contributed by atoms with Crippen LogP contribution in [0.1, 0.15) is 0 Å². The van der Waals surface area contributed by atoms with E-state index < -0.39 is 0 Å². The van der Waals surface area contributed by atoms with Gasteiger partial charge in [-0.3, -0.25) is 4.79 Å². The molecular weight excluding hydrogens is 170 g/mol. The van der Waals surface area contributed by atoms with E-state index in [1.54, 1.807) is 18.1 Å². The molecule has 0 aromatic heterocycles. The van der Waals surface area contributed by atoms with Crippen LogP contribution in [0.5, 0.6) is 0 Å². The first-order valence-electron chi connectivity index (χ1n) is 2.31. The summed E-state index contributed by atoms with van der Waals surface area (Å²) >= 11 is 3.17. The van der Waals surface area contributed by atoms with Gasteiger partial charge in [0.2, 0.25) is 5.91 Å². The third-order valence-electron chi connectivity index (χ3n) is 1.06. The molecule has 0 saturated heterocycles. The first-order valence-corrected chi connectivity index (χ1v) is 3.22. The summed E-state index contributed by atoms with van der Waals surface area (Å²) in [5, 5.41) is 0. The minimum Gasteiger partial charge on any atom is -0.321 e. The van der Waals surface area contributed by atoms with Gasteiger partial charge >= 0.3 is 0 Å². The highest BCUT2D eigenvalue weighted by molar-refractivity contribution is 9.10. The number of carbonyl (C=O) groups is 1. The van der Waals surface area contributed by atoms with Gasteiger partial charge in [0, 0.05) is 13.2 Å². The summed E-state index contributed by atoms with van der Waals surface area (Å²) < 4.78 is 0. The Hall–Kier alpha value is -0.310.